The van der Waals surface area contributed by atoms with Crippen LogP contribution in [0.1, 0.15) is 27.2 Å². The maximum Gasteiger partial charge on any atom is 0.308 e. The summed E-state index contributed by atoms with van der Waals surface area (Å²) in [6.07, 6.45) is 0.346. The zero-order chi connectivity index (χ0) is 15.9. The summed E-state index contributed by atoms with van der Waals surface area (Å²) >= 11 is 0. The molecular formula is C14H24O6. The van der Waals surface area contributed by atoms with Crippen LogP contribution in [0.4, 0.5) is 0 Å². The third-order valence-electron chi connectivity index (χ3n) is 3.66. The van der Waals surface area contributed by atoms with Gasteiger partial charge in [0.15, 0.2) is 0 Å². The fourth-order valence-corrected chi connectivity index (χ4v) is 2.27. The van der Waals surface area contributed by atoms with E-state index < -0.39 is 29.7 Å². The summed E-state index contributed by atoms with van der Waals surface area (Å²) in [4.78, 5) is 34.9. The first-order valence-corrected chi connectivity index (χ1v) is 6.53. The van der Waals surface area contributed by atoms with E-state index in [1.807, 2.05) is 0 Å². The molecule has 0 radical (unpaired) electrons. The predicted octanol–water partition coefficient (Wildman–Crippen LogP) is 1.42. The van der Waals surface area contributed by atoms with E-state index in [4.69, 9.17) is 9.47 Å². The van der Waals surface area contributed by atoms with Crippen LogP contribution in [0.25, 0.3) is 0 Å². The third kappa shape index (κ3) is 4.83. The average molecular weight is 288 g/mol. The van der Waals surface area contributed by atoms with E-state index in [0.29, 0.717) is 6.42 Å². The Morgan fingerprint density at radius 2 is 1.10 bits per heavy atom. The average Bonchev–Trinajstić information content (AvgIpc) is 2.48. The summed E-state index contributed by atoms with van der Waals surface area (Å²) in [6, 6.07) is 0. The molecule has 0 aromatic heterocycles. The standard InChI is InChI=1S/C14H24O6/c1-8(12(15)18-4)7-11(9(2)13(16)19-5)10(3)14(17)20-6/h8-11H,7H2,1-6H3. The van der Waals surface area contributed by atoms with Gasteiger partial charge < -0.3 is 14.2 Å². The molecule has 0 heterocycles. The number of rotatable bonds is 7. The number of hydrogen-bond donors (Lipinski definition) is 0. The molecular weight excluding hydrogens is 264 g/mol. The van der Waals surface area contributed by atoms with E-state index in [1.54, 1.807) is 20.8 Å². The van der Waals surface area contributed by atoms with Crippen LogP contribution in [0.3, 0.4) is 0 Å². The van der Waals surface area contributed by atoms with Gasteiger partial charge in [-0.2, -0.15) is 0 Å². The molecule has 0 spiro atoms. The predicted molar refractivity (Wildman–Crippen MR) is 71.6 cm³/mol. The molecule has 6 heteroatoms. The third-order valence-corrected chi connectivity index (χ3v) is 3.66. The minimum Gasteiger partial charge on any atom is -0.469 e. The molecule has 116 valence electrons. The first-order chi connectivity index (χ1) is 9.29. The van der Waals surface area contributed by atoms with Crippen molar-refractivity contribution in [3.8, 4) is 0 Å². The number of esters is 3. The molecule has 0 fully saturated rings. The van der Waals surface area contributed by atoms with Crippen molar-refractivity contribution >= 4 is 17.9 Å². The topological polar surface area (TPSA) is 78.9 Å². The van der Waals surface area contributed by atoms with Gasteiger partial charge in [0, 0.05) is 0 Å². The lowest BCUT2D eigenvalue weighted by molar-refractivity contribution is -0.155. The molecule has 0 saturated heterocycles. The molecule has 20 heavy (non-hydrogen) atoms. The molecule has 0 aliphatic rings. The molecule has 3 atom stereocenters. The van der Waals surface area contributed by atoms with Gasteiger partial charge in [-0.05, 0) is 12.3 Å². The molecule has 0 aliphatic heterocycles. The van der Waals surface area contributed by atoms with Crippen LogP contribution < -0.4 is 0 Å². The fourth-order valence-electron chi connectivity index (χ4n) is 2.27. The zero-order valence-corrected chi connectivity index (χ0v) is 13.0. The Morgan fingerprint density at radius 3 is 1.40 bits per heavy atom. The van der Waals surface area contributed by atoms with Crippen LogP contribution in [-0.4, -0.2) is 39.2 Å². The number of carbonyl (C=O) groups is 3. The molecule has 3 unspecified atom stereocenters. The second-order valence-electron chi connectivity index (χ2n) is 4.95. The molecule has 0 N–H and O–H groups in total. The zero-order valence-electron chi connectivity index (χ0n) is 13.0. The Balaban J connectivity index is 5.10. The van der Waals surface area contributed by atoms with Gasteiger partial charge in [-0.3, -0.25) is 14.4 Å². The van der Waals surface area contributed by atoms with E-state index in [-0.39, 0.29) is 11.9 Å². The summed E-state index contributed by atoms with van der Waals surface area (Å²) in [5.74, 6) is -3.00. The quantitative estimate of drug-likeness (QED) is 0.521. The van der Waals surface area contributed by atoms with Crippen molar-refractivity contribution in [3.63, 3.8) is 0 Å². The van der Waals surface area contributed by atoms with Gasteiger partial charge in [-0.1, -0.05) is 20.8 Å². The molecule has 0 amide bonds. The first kappa shape index (κ1) is 18.4. The van der Waals surface area contributed by atoms with Gasteiger partial charge in [-0.25, -0.2) is 0 Å². The van der Waals surface area contributed by atoms with Crippen LogP contribution in [-0.2, 0) is 28.6 Å². The Hall–Kier alpha value is -1.59. The highest BCUT2D eigenvalue weighted by molar-refractivity contribution is 5.77. The van der Waals surface area contributed by atoms with Crippen molar-refractivity contribution in [1.82, 2.24) is 0 Å². The number of hydrogen-bond acceptors (Lipinski definition) is 6. The van der Waals surface area contributed by atoms with Crippen LogP contribution >= 0.6 is 0 Å². The molecule has 0 aliphatic carbocycles. The van der Waals surface area contributed by atoms with E-state index >= 15 is 0 Å². The first-order valence-electron chi connectivity index (χ1n) is 6.53. The molecule has 0 rings (SSSR count). The molecule has 0 saturated carbocycles. The lowest BCUT2D eigenvalue weighted by Crippen LogP contribution is -2.34. The minimum absolute atomic E-state index is 0.346. The second-order valence-corrected chi connectivity index (χ2v) is 4.95. The highest BCUT2D eigenvalue weighted by Crippen LogP contribution is 2.30. The summed E-state index contributed by atoms with van der Waals surface area (Å²) < 4.78 is 14.1. The molecule has 6 nitrogen and oxygen atoms in total. The SMILES string of the molecule is COC(=O)C(C)CC(C(C)C(=O)OC)C(C)C(=O)OC. The van der Waals surface area contributed by atoms with Gasteiger partial charge in [0.05, 0.1) is 39.1 Å². The van der Waals surface area contributed by atoms with Crippen LogP contribution in [0.2, 0.25) is 0 Å². The lowest BCUT2D eigenvalue weighted by Gasteiger charge is -2.28. The van der Waals surface area contributed by atoms with E-state index in [1.165, 1.54) is 21.3 Å². The minimum atomic E-state index is -0.513. The van der Waals surface area contributed by atoms with Gasteiger partial charge in [0.1, 0.15) is 0 Å². The van der Waals surface area contributed by atoms with E-state index in [9.17, 15) is 14.4 Å². The van der Waals surface area contributed by atoms with E-state index in [2.05, 4.69) is 4.74 Å². The van der Waals surface area contributed by atoms with Crippen molar-refractivity contribution in [2.75, 3.05) is 21.3 Å². The van der Waals surface area contributed by atoms with Gasteiger partial charge in [0.2, 0.25) is 0 Å². The van der Waals surface area contributed by atoms with Crippen LogP contribution in [0.5, 0.6) is 0 Å². The van der Waals surface area contributed by atoms with Crippen molar-refractivity contribution in [3.05, 3.63) is 0 Å². The molecule has 0 aromatic rings. The largest absolute Gasteiger partial charge is 0.469 e. The monoisotopic (exact) mass is 288 g/mol. The smallest absolute Gasteiger partial charge is 0.308 e. The van der Waals surface area contributed by atoms with E-state index in [0.717, 1.165) is 0 Å². The van der Waals surface area contributed by atoms with Crippen LogP contribution in [0, 0.1) is 23.7 Å². The van der Waals surface area contributed by atoms with Gasteiger partial charge in [0.25, 0.3) is 0 Å². The number of carbonyl (C=O) groups excluding carboxylic acids is 3. The summed E-state index contributed by atoms with van der Waals surface area (Å²) in [7, 11) is 3.90. The maximum absolute atomic E-state index is 11.7. The highest BCUT2D eigenvalue weighted by atomic mass is 16.5. The second kappa shape index (κ2) is 8.55. The van der Waals surface area contributed by atoms with Gasteiger partial charge in [-0.15, -0.1) is 0 Å². The number of methoxy groups -OCH3 is 3. The summed E-state index contributed by atoms with van der Waals surface area (Å²) in [6.45, 7) is 5.06. The Bertz CT molecular complexity index is 330. The van der Waals surface area contributed by atoms with Gasteiger partial charge >= 0.3 is 17.9 Å². The Morgan fingerprint density at radius 1 is 0.750 bits per heavy atom. The van der Waals surface area contributed by atoms with Crippen molar-refractivity contribution in [2.45, 2.75) is 27.2 Å². The Labute approximate surface area is 119 Å². The normalized spacial score (nSPS) is 16.5. The summed E-state index contributed by atoms with van der Waals surface area (Å²) in [5, 5.41) is 0. The fraction of sp³-hybridized carbons (Fsp3) is 0.786. The highest BCUT2D eigenvalue weighted by Gasteiger charge is 2.36. The molecule has 0 bridgehead atoms. The lowest BCUT2D eigenvalue weighted by atomic mass is 9.77. The van der Waals surface area contributed by atoms with Crippen molar-refractivity contribution in [2.24, 2.45) is 23.7 Å². The Kier molecular flexibility index (Phi) is 7.87. The number of ether oxygens (including phenoxy) is 3. The van der Waals surface area contributed by atoms with Crippen molar-refractivity contribution in [1.29, 1.82) is 0 Å². The summed E-state index contributed by atoms with van der Waals surface area (Å²) in [5.41, 5.74) is 0. The molecule has 0 aromatic carbocycles. The maximum atomic E-state index is 11.7. The van der Waals surface area contributed by atoms with Crippen LogP contribution in [0.15, 0.2) is 0 Å². The van der Waals surface area contributed by atoms with Crippen molar-refractivity contribution < 1.29 is 28.6 Å².